The molecule has 144 valence electrons. The average Bonchev–Trinajstić information content (AvgIpc) is 2.65. The van der Waals surface area contributed by atoms with Crippen molar-refractivity contribution in [3.8, 4) is 0 Å². The van der Waals surface area contributed by atoms with Crippen molar-refractivity contribution in [1.29, 1.82) is 0 Å². The molecule has 2 aliphatic heterocycles. The topological polar surface area (TPSA) is 29.5 Å². The molecule has 2 atom stereocenters. The van der Waals surface area contributed by atoms with Crippen LogP contribution < -0.4 is 0 Å². The molecule has 2 bridgehead atoms. The first-order valence-corrected chi connectivity index (χ1v) is 10.7. The van der Waals surface area contributed by atoms with Gasteiger partial charge in [0.1, 0.15) is 5.78 Å². The third kappa shape index (κ3) is 5.40. The van der Waals surface area contributed by atoms with Gasteiger partial charge in [0.15, 0.2) is 0 Å². The van der Waals surface area contributed by atoms with Crippen LogP contribution in [0.4, 0.5) is 0 Å². The van der Waals surface area contributed by atoms with Gasteiger partial charge in [-0.3, -0.25) is 9.69 Å². The minimum absolute atomic E-state index is 0.261. The highest BCUT2D eigenvalue weighted by molar-refractivity contribution is 5.81. The quantitative estimate of drug-likeness (QED) is 0.553. The highest BCUT2D eigenvalue weighted by Gasteiger charge is 2.40. The zero-order chi connectivity index (χ0) is 18.2. The van der Waals surface area contributed by atoms with Crippen molar-refractivity contribution in [3.63, 3.8) is 0 Å². The number of rotatable bonds is 10. The molecule has 0 aliphatic carbocycles. The Morgan fingerprint density at radius 2 is 1.65 bits per heavy atom. The first-order chi connectivity index (χ1) is 12.8. The Hall–Kier alpha value is -1.19. The highest BCUT2D eigenvalue weighted by atomic mass is 16.5. The van der Waals surface area contributed by atoms with Crippen molar-refractivity contribution in [2.45, 2.75) is 83.3 Å². The summed E-state index contributed by atoms with van der Waals surface area (Å²) in [6.07, 6.45) is 10.3. The summed E-state index contributed by atoms with van der Waals surface area (Å²) in [6.45, 7) is 4.79. The smallest absolute Gasteiger partial charge is 0.136 e. The van der Waals surface area contributed by atoms with Crippen LogP contribution in [0.15, 0.2) is 30.3 Å². The molecule has 0 saturated carbocycles. The van der Waals surface area contributed by atoms with Crippen LogP contribution in [0.3, 0.4) is 0 Å². The number of fused-ring (bicyclic) bond motifs is 2. The number of carbonyl (C=O) groups is 1. The molecule has 1 aromatic carbocycles. The van der Waals surface area contributed by atoms with Crippen LogP contribution in [0.5, 0.6) is 0 Å². The second-order valence-corrected chi connectivity index (χ2v) is 8.16. The zero-order valence-electron chi connectivity index (χ0n) is 16.4. The highest BCUT2D eigenvalue weighted by Crippen LogP contribution is 2.34. The van der Waals surface area contributed by atoms with Gasteiger partial charge in [0, 0.05) is 31.0 Å². The summed E-state index contributed by atoms with van der Waals surface area (Å²) in [6, 6.07) is 11.5. The van der Waals surface area contributed by atoms with Gasteiger partial charge in [-0.2, -0.15) is 0 Å². The van der Waals surface area contributed by atoms with E-state index in [2.05, 4.69) is 42.2 Å². The Morgan fingerprint density at radius 1 is 1.00 bits per heavy atom. The molecule has 0 radical (unpaired) electrons. The molecule has 3 rings (SSSR count). The Kier molecular flexibility index (Phi) is 7.69. The van der Waals surface area contributed by atoms with E-state index in [-0.39, 0.29) is 5.92 Å². The maximum Gasteiger partial charge on any atom is 0.136 e. The van der Waals surface area contributed by atoms with E-state index in [1.807, 2.05) is 0 Å². The van der Waals surface area contributed by atoms with Crippen LogP contribution in [0.2, 0.25) is 0 Å². The lowest BCUT2D eigenvalue weighted by molar-refractivity contribution is -0.133. The summed E-state index contributed by atoms with van der Waals surface area (Å²) >= 11 is 0. The lowest BCUT2D eigenvalue weighted by Gasteiger charge is -2.48. The van der Waals surface area contributed by atoms with Crippen LogP contribution in [0, 0.1) is 5.92 Å². The van der Waals surface area contributed by atoms with Gasteiger partial charge >= 0.3 is 0 Å². The molecule has 3 heteroatoms. The van der Waals surface area contributed by atoms with Gasteiger partial charge in [-0.25, -0.2) is 0 Å². The van der Waals surface area contributed by atoms with Gasteiger partial charge in [-0.15, -0.1) is 0 Å². The zero-order valence-corrected chi connectivity index (χ0v) is 16.4. The van der Waals surface area contributed by atoms with Crippen LogP contribution in [0.25, 0.3) is 0 Å². The van der Waals surface area contributed by atoms with E-state index in [0.717, 1.165) is 45.4 Å². The molecule has 2 aliphatic rings. The summed E-state index contributed by atoms with van der Waals surface area (Å²) in [4.78, 5) is 15.3. The fraction of sp³-hybridized carbons (Fsp3) is 0.696. The number of nitrogens with zero attached hydrogens (tertiary/aromatic N) is 1. The van der Waals surface area contributed by atoms with Crippen molar-refractivity contribution < 1.29 is 9.53 Å². The molecule has 2 heterocycles. The van der Waals surface area contributed by atoms with Crippen LogP contribution in [0.1, 0.15) is 70.3 Å². The molecular formula is C23H35NO2. The van der Waals surface area contributed by atoms with Crippen molar-refractivity contribution in [2.75, 3.05) is 13.2 Å². The maximum atomic E-state index is 12.7. The SMILES string of the molecule is CCCCCCCCC(=O)C1CC2COCC(C1)N2Cc1ccccc1. The van der Waals surface area contributed by atoms with Gasteiger partial charge in [-0.1, -0.05) is 69.4 Å². The Balaban J connectivity index is 1.47. The summed E-state index contributed by atoms with van der Waals surface area (Å²) in [5, 5.41) is 0. The molecule has 2 saturated heterocycles. The Labute approximate surface area is 159 Å². The Bertz CT molecular complexity index is 530. The molecule has 2 unspecified atom stereocenters. The van der Waals surface area contributed by atoms with E-state index in [4.69, 9.17) is 4.74 Å². The fourth-order valence-electron chi connectivity index (χ4n) is 4.59. The predicted octanol–water partition coefficient (Wildman–Crippen LogP) is 4.99. The average molecular weight is 358 g/mol. The summed E-state index contributed by atoms with van der Waals surface area (Å²) in [7, 11) is 0. The maximum absolute atomic E-state index is 12.7. The number of morpholine rings is 1. The van der Waals surface area contributed by atoms with Gasteiger partial charge < -0.3 is 4.74 Å². The van der Waals surface area contributed by atoms with E-state index in [9.17, 15) is 4.79 Å². The second-order valence-electron chi connectivity index (χ2n) is 8.16. The molecule has 2 fully saturated rings. The van der Waals surface area contributed by atoms with Gasteiger partial charge in [0.2, 0.25) is 0 Å². The number of benzene rings is 1. The van der Waals surface area contributed by atoms with Crippen LogP contribution >= 0.6 is 0 Å². The minimum atomic E-state index is 0.261. The molecule has 0 amide bonds. The van der Waals surface area contributed by atoms with Gasteiger partial charge in [-0.05, 0) is 24.8 Å². The third-order valence-electron chi connectivity index (χ3n) is 6.11. The molecule has 1 aromatic rings. The molecular weight excluding hydrogens is 322 g/mol. The minimum Gasteiger partial charge on any atom is -0.378 e. The number of unbranched alkanes of at least 4 members (excludes halogenated alkanes) is 5. The number of carbonyl (C=O) groups excluding carboxylic acids is 1. The third-order valence-corrected chi connectivity index (χ3v) is 6.11. The van der Waals surface area contributed by atoms with E-state index in [1.54, 1.807) is 0 Å². The molecule has 0 aromatic heterocycles. The molecule has 3 nitrogen and oxygen atoms in total. The number of hydrogen-bond acceptors (Lipinski definition) is 3. The summed E-state index contributed by atoms with van der Waals surface area (Å²) in [5.41, 5.74) is 1.36. The van der Waals surface area contributed by atoms with Crippen LogP contribution in [-0.4, -0.2) is 36.0 Å². The molecule has 26 heavy (non-hydrogen) atoms. The number of hydrogen-bond donors (Lipinski definition) is 0. The lowest BCUT2D eigenvalue weighted by atomic mass is 9.81. The van der Waals surface area contributed by atoms with Gasteiger partial charge in [0.05, 0.1) is 13.2 Å². The number of ether oxygens (including phenoxy) is 1. The van der Waals surface area contributed by atoms with Crippen molar-refractivity contribution in [1.82, 2.24) is 4.90 Å². The van der Waals surface area contributed by atoms with E-state index in [1.165, 1.54) is 37.7 Å². The Morgan fingerprint density at radius 3 is 2.35 bits per heavy atom. The largest absolute Gasteiger partial charge is 0.378 e. The lowest BCUT2D eigenvalue weighted by Crippen LogP contribution is -2.57. The van der Waals surface area contributed by atoms with E-state index >= 15 is 0 Å². The number of piperidine rings is 1. The predicted molar refractivity (Wildman–Crippen MR) is 106 cm³/mol. The second kappa shape index (κ2) is 10.2. The standard InChI is InChI=1S/C23H35NO2/c1-2-3-4-5-6-10-13-23(25)20-14-21-17-26-18-22(15-20)24(21)16-19-11-8-7-9-12-19/h7-9,11-12,20-22H,2-6,10,13-18H2,1H3. The fourth-order valence-corrected chi connectivity index (χ4v) is 4.59. The van der Waals surface area contributed by atoms with Crippen LogP contribution in [-0.2, 0) is 16.1 Å². The summed E-state index contributed by atoms with van der Waals surface area (Å²) in [5.74, 6) is 0.772. The van der Waals surface area contributed by atoms with Crippen molar-refractivity contribution >= 4 is 5.78 Å². The van der Waals surface area contributed by atoms with Gasteiger partial charge in [0.25, 0.3) is 0 Å². The monoisotopic (exact) mass is 357 g/mol. The first kappa shape index (κ1) is 19.6. The normalized spacial score (nSPS) is 26.0. The first-order valence-electron chi connectivity index (χ1n) is 10.7. The van der Waals surface area contributed by atoms with Crippen molar-refractivity contribution in [3.05, 3.63) is 35.9 Å². The molecule has 0 N–H and O–H groups in total. The number of ketones is 1. The molecule has 0 spiro atoms. The summed E-state index contributed by atoms with van der Waals surface area (Å²) < 4.78 is 5.82. The van der Waals surface area contributed by atoms with E-state index < -0.39 is 0 Å². The van der Waals surface area contributed by atoms with Crippen molar-refractivity contribution in [2.24, 2.45) is 5.92 Å². The van der Waals surface area contributed by atoms with E-state index in [0.29, 0.717) is 17.9 Å². The number of Topliss-reactive ketones (excluding diaryl/α,β-unsaturated/α-hetero) is 1.